The minimum atomic E-state index is -0.406. The molecule has 0 amide bonds. The first kappa shape index (κ1) is 14.2. The van der Waals surface area contributed by atoms with Gasteiger partial charge in [0.05, 0.1) is 12.0 Å². The molecule has 2 nitrogen and oxygen atoms in total. The van der Waals surface area contributed by atoms with Crippen LogP contribution in [0.2, 0.25) is 0 Å². The summed E-state index contributed by atoms with van der Waals surface area (Å²) in [7, 11) is 0. The van der Waals surface area contributed by atoms with E-state index in [-0.39, 0.29) is 5.97 Å². The highest BCUT2D eigenvalue weighted by Crippen LogP contribution is 2.17. The highest BCUT2D eigenvalue weighted by molar-refractivity contribution is 5.75. The maximum atomic E-state index is 11.5. The van der Waals surface area contributed by atoms with Crippen molar-refractivity contribution in [2.75, 3.05) is 6.61 Å². The Morgan fingerprint density at radius 3 is 2.47 bits per heavy atom. The summed E-state index contributed by atoms with van der Waals surface area (Å²) in [5.41, 5.74) is -0.406. The highest BCUT2D eigenvalue weighted by atomic mass is 16.5. The summed E-state index contributed by atoms with van der Waals surface area (Å²) in [5, 5.41) is 0. The second-order valence-corrected chi connectivity index (χ2v) is 4.99. The molecule has 0 saturated heterocycles. The van der Waals surface area contributed by atoms with E-state index in [4.69, 9.17) is 4.74 Å². The van der Waals surface area contributed by atoms with Gasteiger partial charge in [-0.3, -0.25) is 4.79 Å². The first-order valence-electron chi connectivity index (χ1n) is 5.71. The molecule has 0 radical (unpaired) electrons. The van der Waals surface area contributed by atoms with Crippen LogP contribution in [-0.4, -0.2) is 12.6 Å². The van der Waals surface area contributed by atoms with Gasteiger partial charge in [-0.15, -0.1) is 6.58 Å². The van der Waals surface area contributed by atoms with Crippen LogP contribution in [0.4, 0.5) is 0 Å². The third kappa shape index (κ3) is 6.32. The van der Waals surface area contributed by atoms with E-state index in [0.29, 0.717) is 12.5 Å². The fourth-order valence-corrected chi connectivity index (χ4v) is 1.13. The van der Waals surface area contributed by atoms with Gasteiger partial charge in [0.25, 0.3) is 0 Å². The zero-order valence-corrected chi connectivity index (χ0v) is 10.5. The molecule has 0 aliphatic rings. The van der Waals surface area contributed by atoms with Gasteiger partial charge in [-0.2, -0.15) is 0 Å². The van der Waals surface area contributed by atoms with Crippen molar-refractivity contribution in [3.05, 3.63) is 12.7 Å². The summed E-state index contributed by atoms with van der Waals surface area (Å²) >= 11 is 0. The lowest BCUT2D eigenvalue weighted by molar-refractivity contribution is -0.153. The van der Waals surface area contributed by atoms with Gasteiger partial charge >= 0.3 is 5.97 Å². The van der Waals surface area contributed by atoms with Gasteiger partial charge in [0.1, 0.15) is 0 Å². The van der Waals surface area contributed by atoms with Crippen LogP contribution in [0.15, 0.2) is 12.7 Å². The molecule has 0 bridgehead atoms. The molecule has 0 fully saturated rings. The Bertz CT molecular complexity index is 201. The quantitative estimate of drug-likeness (QED) is 0.497. The first-order valence-corrected chi connectivity index (χ1v) is 5.71. The van der Waals surface area contributed by atoms with E-state index in [1.807, 2.05) is 26.8 Å². The van der Waals surface area contributed by atoms with Gasteiger partial charge in [0, 0.05) is 5.92 Å². The summed E-state index contributed by atoms with van der Waals surface area (Å²) in [6, 6.07) is 0. The van der Waals surface area contributed by atoms with Gasteiger partial charge in [-0.1, -0.05) is 25.8 Å². The molecule has 0 saturated carbocycles. The molecule has 88 valence electrons. The predicted octanol–water partition coefficient (Wildman–Crippen LogP) is 3.57. The van der Waals surface area contributed by atoms with E-state index in [1.54, 1.807) is 0 Å². The van der Waals surface area contributed by atoms with Gasteiger partial charge in [-0.05, 0) is 27.2 Å². The van der Waals surface area contributed by atoms with E-state index in [1.165, 1.54) is 0 Å². The molecule has 0 aliphatic carbocycles. The van der Waals surface area contributed by atoms with Crippen molar-refractivity contribution in [1.29, 1.82) is 0 Å². The van der Waals surface area contributed by atoms with Crippen LogP contribution < -0.4 is 0 Å². The molecule has 0 aromatic rings. The smallest absolute Gasteiger partial charge is 0.311 e. The predicted molar refractivity (Wildman–Crippen MR) is 63.6 cm³/mol. The van der Waals surface area contributed by atoms with Crippen molar-refractivity contribution < 1.29 is 9.53 Å². The zero-order chi connectivity index (χ0) is 11.9. The van der Waals surface area contributed by atoms with Gasteiger partial charge in [0.15, 0.2) is 0 Å². The molecule has 0 N–H and O–H groups in total. The monoisotopic (exact) mass is 212 g/mol. The summed E-state index contributed by atoms with van der Waals surface area (Å²) in [6.07, 6.45) is 5.25. The summed E-state index contributed by atoms with van der Waals surface area (Å²) < 4.78 is 5.25. The summed E-state index contributed by atoms with van der Waals surface area (Å²) in [5.74, 6) is 0.169. The van der Waals surface area contributed by atoms with Crippen LogP contribution in [0.3, 0.4) is 0 Å². The minimum Gasteiger partial charge on any atom is -0.465 e. The average Bonchev–Trinajstić information content (AvgIpc) is 2.16. The molecular formula is C13H24O2. The lowest BCUT2D eigenvalue weighted by Gasteiger charge is -2.19. The average molecular weight is 212 g/mol. The van der Waals surface area contributed by atoms with Crippen LogP contribution in [0, 0.1) is 11.3 Å². The van der Waals surface area contributed by atoms with Crippen molar-refractivity contribution in [1.82, 2.24) is 0 Å². The zero-order valence-electron chi connectivity index (χ0n) is 10.5. The fourth-order valence-electron chi connectivity index (χ4n) is 1.13. The topological polar surface area (TPSA) is 26.3 Å². The molecule has 0 spiro atoms. The van der Waals surface area contributed by atoms with Crippen molar-refractivity contribution in [3.63, 3.8) is 0 Å². The number of hydrogen-bond donors (Lipinski definition) is 0. The number of rotatable bonds is 6. The van der Waals surface area contributed by atoms with Crippen LogP contribution >= 0.6 is 0 Å². The van der Waals surface area contributed by atoms with E-state index < -0.39 is 5.41 Å². The molecule has 15 heavy (non-hydrogen) atoms. The van der Waals surface area contributed by atoms with Crippen molar-refractivity contribution >= 4 is 5.97 Å². The molecule has 0 heterocycles. The van der Waals surface area contributed by atoms with Gasteiger partial charge in [0.2, 0.25) is 0 Å². The Hall–Kier alpha value is -0.790. The molecule has 1 atom stereocenters. The largest absolute Gasteiger partial charge is 0.465 e. The Morgan fingerprint density at radius 2 is 2.07 bits per heavy atom. The minimum absolute atomic E-state index is 0.133. The van der Waals surface area contributed by atoms with Crippen LogP contribution in [0.25, 0.3) is 0 Å². The second kappa shape index (κ2) is 6.65. The van der Waals surface area contributed by atoms with E-state index in [0.717, 1.165) is 19.3 Å². The Morgan fingerprint density at radius 1 is 1.47 bits per heavy atom. The van der Waals surface area contributed by atoms with Gasteiger partial charge < -0.3 is 4.74 Å². The van der Waals surface area contributed by atoms with E-state index in [9.17, 15) is 4.79 Å². The standard InChI is InChI=1S/C13H24O2/c1-6-8-9-11(7-2)10-15-12(14)13(3,4)5/h7,11H,2,6,8-10H2,1,3-5H3/t11-/m1/s1. The van der Waals surface area contributed by atoms with Crippen molar-refractivity contribution in [2.45, 2.75) is 47.0 Å². The Labute approximate surface area is 93.7 Å². The highest BCUT2D eigenvalue weighted by Gasteiger charge is 2.23. The fraction of sp³-hybridized carbons (Fsp3) is 0.769. The van der Waals surface area contributed by atoms with Crippen LogP contribution in [0.5, 0.6) is 0 Å². The van der Waals surface area contributed by atoms with E-state index >= 15 is 0 Å². The lowest BCUT2D eigenvalue weighted by Crippen LogP contribution is -2.25. The molecular weight excluding hydrogens is 188 g/mol. The number of esters is 1. The molecule has 0 aromatic carbocycles. The third-order valence-electron chi connectivity index (χ3n) is 2.30. The lowest BCUT2D eigenvalue weighted by atomic mass is 9.97. The van der Waals surface area contributed by atoms with Crippen LogP contribution in [0.1, 0.15) is 47.0 Å². The van der Waals surface area contributed by atoms with Crippen LogP contribution in [-0.2, 0) is 9.53 Å². The number of unbranched alkanes of at least 4 members (excludes halogenated alkanes) is 1. The number of ether oxygens (including phenoxy) is 1. The first-order chi connectivity index (χ1) is 6.91. The van der Waals surface area contributed by atoms with Crippen molar-refractivity contribution in [2.24, 2.45) is 11.3 Å². The number of carbonyl (C=O) groups is 1. The SMILES string of the molecule is C=C[C@H](CCCC)COC(=O)C(C)(C)C. The van der Waals surface area contributed by atoms with Crippen molar-refractivity contribution in [3.8, 4) is 0 Å². The molecule has 2 heteroatoms. The second-order valence-electron chi connectivity index (χ2n) is 4.99. The number of hydrogen-bond acceptors (Lipinski definition) is 2. The summed E-state index contributed by atoms with van der Waals surface area (Å²) in [6.45, 7) is 12.0. The van der Waals surface area contributed by atoms with Gasteiger partial charge in [-0.25, -0.2) is 0 Å². The maximum Gasteiger partial charge on any atom is 0.311 e. The molecule has 0 aliphatic heterocycles. The Kier molecular flexibility index (Phi) is 6.30. The molecule has 0 rings (SSSR count). The Balaban J connectivity index is 3.90. The normalized spacial score (nSPS) is 13.3. The molecule has 0 aromatic heterocycles. The van der Waals surface area contributed by atoms with E-state index in [2.05, 4.69) is 13.5 Å². The number of carbonyl (C=O) groups excluding carboxylic acids is 1. The maximum absolute atomic E-state index is 11.5. The third-order valence-corrected chi connectivity index (χ3v) is 2.30. The molecule has 0 unspecified atom stereocenters. The summed E-state index contributed by atoms with van der Waals surface area (Å²) in [4.78, 5) is 11.5.